The van der Waals surface area contributed by atoms with E-state index >= 15 is 0 Å². The molecule has 2 fully saturated rings. The van der Waals surface area contributed by atoms with Crippen LogP contribution in [0.5, 0.6) is 0 Å². The summed E-state index contributed by atoms with van der Waals surface area (Å²) in [6.45, 7) is 0. The van der Waals surface area contributed by atoms with Crippen molar-refractivity contribution in [2.45, 2.75) is 31.0 Å². The minimum Gasteiger partial charge on any atom is -0.380 e. The fraction of sp³-hybridized carbons (Fsp3) is 1.00. The highest BCUT2D eigenvalue weighted by molar-refractivity contribution is 4.96. The fourth-order valence-electron chi connectivity index (χ4n) is 1.75. The molecule has 3 atom stereocenters. The molecule has 0 aromatic heterocycles. The summed E-state index contributed by atoms with van der Waals surface area (Å²) in [6.07, 6.45) is 2.86. The monoisotopic (exact) mass is 128 g/mol. The summed E-state index contributed by atoms with van der Waals surface area (Å²) in [5.74, 6) is 0. The quantitative estimate of drug-likeness (QED) is 0.506. The molecular weight excluding hydrogens is 116 g/mol. The van der Waals surface area contributed by atoms with Crippen LogP contribution in [0.3, 0.4) is 0 Å². The Kier molecular flexibility index (Phi) is 1.22. The van der Waals surface area contributed by atoms with Gasteiger partial charge in [-0.1, -0.05) is 0 Å². The number of hydrogen-bond acceptors (Lipinski definition) is 3. The van der Waals surface area contributed by atoms with Crippen molar-refractivity contribution in [1.29, 1.82) is 0 Å². The number of hydrogen-bond donors (Lipinski definition) is 2. The first-order valence-electron chi connectivity index (χ1n) is 3.44. The summed E-state index contributed by atoms with van der Waals surface area (Å²) >= 11 is 0. The summed E-state index contributed by atoms with van der Waals surface area (Å²) in [5.41, 5.74) is 6.37. The van der Waals surface area contributed by atoms with Gasteiger partial charge in [0.15, 0.2) is 0 Å². The van der Waals surface area contributed by atoms with Gasteiger partial charge in [-0.2, -0.15) is 0 Å². The van der Waals surface area contributed by atoms with Crippen LogP contribution in [0.4, 0.5) is 0 Å². The van der Waals surface area contributed by atoms with Crippen molar-refractivity contribution in [3.63, 3.8) is 0 Å². The van der Waals surface area contributed by atoms with Gasteiger partial charge in [0.05, 0.1) is 6.10 Å². The van der Waals surface area contributed by atoms with Crippen LogP contribution in [0.1, 0.15) is 12.8 Å². The van der Waals surface area contributed by atoms with Crippen molar-refractivity contribution < 1.29 is 4.74 Å². The maximum atomic E-state index is 5.24. The lowest BCUT2D eigenvalue weighted by molar-refractivity contribution is 0.0682. The van der Waals surface area contributed by atoms with Gasteiger partial charge >= 0.3 is 0 Å². The van der Waals surface area contributed by atoms with Crippen LogP contribution in [-0.2, 0) is 4.74 Å². The molecule has 1 saturated carbocycles. The Labute approximate surface area is 54.7 Å². The first-order chi connectivity index (χ1) is 4.40. The van der Waals surface area contributed by atoms with Gasteiger partial charge in [-0.05, 0) is 12.8 Å². The zero-order chi connectivity index (χ0) is 6.27. The number of nitrogens with one attached hydrogen (secondary N) is 2. The molecule has 0 amide bonds. The van der Waals surface area contributed by atoms with Crippen LogP contribution in [-0.4, -0.2) is 25.3 Å². The van der Waals surface area contributed by atoms with Gasteiger partial charge in [0.1, 0.15) is 0 Å². The molecule has 0 spiro atoms. The standard InChI is InChI=1S/C6H12N2O/c1-9-6-3-4-2-5(6)8-7-4/h4-8H,2-3H2,1H3. The summed E-state index contributed by atoms with van der Waals surface area (Å²) < 4.78 is 5.24. The van der Waals surface area contributed by atoms with E-state index in [9.17, 15) is 0 Å². The molecule has 3 unspecified atom stereocenters. The zero-order valence-corrected chi connectivity index (χ0v) is 5.55. The third-order valence-electron chi connectivity index (χ3n) is 2.28. The lowest BCUT2D eigenvalue weighted by Gasteiger charge is -2.21. The zero-order valence-electron chi connectivity index (χ0n) is 5.55. The van der Waals surface area contributed by atoms with Crippen LogP contribution in [0, 0.1) is 0 Å². The van der Waals surface area contributed by atoms with E-state index in [-0.39, 0.29) is 0 Å². The second-order valence-corrected chi connectivity index (χ2v) is 2.84. The van der Waals surface area contributed by atoms with Crippen LogP contribution in [0.2, 0.25) is 0 Å². The first-order valence-corrected chi connectivity index (χ1v) is 3.44. The SMILES string of the molecule is COC1CC2CC1NN2. The summed E-state index contributed by atoms with van der Waals surface area (Å²) in [7, 11) is 1.78. The molecule has 1 heterocycles. The number of rotatable bonds is 1. The second-order valence-electron chi connectivity index (χ2n) is 2.84. The van der Waals surface area contributed by atoms with Gasteiger partial charge < -0.3 is 4.74 Å². The van der Waals surface area contributed by atoms with Gasteiger partial charge in [-0.3, -0.25) is 10.9 Å². The third-order valence-corrected chi connectivity index (χ3v) is 2.28. The second kappa shape index (κ2) is 1.94. The minimum atomic E-state index is 0.455. The van der Waals surface area contributed by atoms with Gasteiger partial charge in [0, 0.05) is 19.2 Å². The Morgan fingerprint density at radius 2 is 2.22 bits per heavy atom. The molecule has 0 aromatic rings. The Balaban J connectivity index is 2.01. The average Bonchev–Trinajstić information content (AvgIpc) is 2.45. The van der Waals surface area contributed by atoms with Crippen molar-refractivity contribution in [3.05, 3.63) is 0 Å². The molecule has 2 N–H and O–H groups in total. The third kappa shape index (κ3) is 0.764. The summed E-state index contributed by atoms with van der Waals surface area (Å²) in [5, 5.41) is 0. The smallest absolute Gasteiger partial charge is 0.0753 e. The fourth-order valence-corrected chi connectivity index (χ4v) is 1.75. The molecule has 2 rings (SSSR count). The largest absolute Gasteiger partial charge is 0.380 e. The van der Waals surface area contributed by atoms with E-state index in [1.165, 1.54) is 12.8 Å². The molecule has 3 heteroatoms. The Morgan fingerprint density at radius 3 is 2.56 bits per heavy atom. The highest BCUT2D eigenvalue weighted by Crippen LogP contribution is 2.25. The lowest BCUT2D eigenvalue weighted by Crippen LogP contribution is -2.46. The lowest BCUT2D eigenvalue weighted by atomic mass is 10.2. The summed E-state index contributed by atoms with van der Waals surface area (Å²) in [6, 6.07) is 1.24. The number of hydrazine groups is 1. The van der Waals surface area contributed by atoms with Crippen LogP contribution in [0.15, 0.2) is 0 Å². The Bertz CT molecular complexity index is 118. The van der Waals surface area contributed by atoms with E-state index in [4.69, 9.17) is 4.74 Å². The van der Waals surface area contributed by atoms with Crippen molar-refractivity contribution >= 4 is 0 Å². The number of ether oxygens (including phenoxy) is 1. The molecule has 1 aliphatic carbocycles. The van der Waals surface area contributed by atoms with Crippen molar-refractivity contribution in [2.24, 2.45) is 0 Å². The average molecular weight is 128 g/mol. The molecule has 1 saturated heterocycles. The van der Waals surface area contributed by atoms with Crippen molar-refractivity contribution in [3.8, 4) is 0 Å². The van der Waals surface area contributed by atoms with E-state index < -0.39 is 0 Å². The molecule has 3 nitrogen and oxygen atoms in total. The van der Waals surface area contributed by atoms with Crippen molar-refractivity contribution in [1.82, 2.24) is 10.9 Å². The van der Waals surface area contributed by atoms with Crippen LogP contribution in [0.25, 0.3) is 0 Å². The topological polar surface area (TPSA) is 33.3 Å². The molecule has 9 heavy (non-hydrogen) atoms. The Hall–Kier alpha value is -0.120. The number of fused-ring (bicyclic) bond motifs is 2. The van der Waals surface area contributed by atoms with Gasteiger partial charge in [0.25, 0.3) is 0 Å². The van der Waals surface area contributed by atoms with Gasteiger partial charge in [-0.15, -0.1) is 0 Å². The molecule has 1 aliphatic heterocycles. The minimum absolute atomic E-state index is 0.455. The highest BCUT2D eigenvalue weighted by atomic mass is 16.5. The van der Waals surface area contributed by atoms with E-state index in [1.807, 2.05) is 0 Å². The van der Waals surface area contributed by atoms with Gasteiger partial charge in [0.2, 0.25) is 0 Å². The van der Waals surface area contributed by atoms with E-state index in [1.54, 1.807) is 7.11 Å². The maximum Gasteiger partial charge on any atom is 0.0753 e. The molecule has 0 radical (unpaired) electrons. The van der Waals surface area contributed by atoms with E-state index in [2.05, 4.69) is 10.9 Å². The molecule has 2 bridgehead atoms. The van der Waals surface area contributed by atoms with E-state index in [0.717, 1.165) is 0 Å². The first kappa shape index (κ1) is 5.65. The Morgan fingerprint density at radius 1 is 1.33 bits per heavy atom. The maximum absolute atomic E-state index is 5.24. The van der Waals surface area contributed by atoms with Gasteiger partial charge in [-0.25, -0.2) is 0 Å². The summed E-state index contributed by atoms with van der Waals surface area (Å²) in [4.78, 5) is 0. The predicted octanol–water partition coefficient (Wildman–Crippen LogP) is -0.360. The number of methoxy groups -OCH3 is 1. The van der Waals surface area contributed by atoms with Crippen LogP contribution < -0.4 is 10.9 Å². The molecule has 2 aliphatic rings. The highest BCUT2D eigenvalue weighted by Gasteiger charge is 2.39. The molecule has 52 valence electrons. The van der Waals surface area contributed by atoms with Crippen molar-refractivity contribution in [2.75, 3.05) is 7.11 Å². The molecule has 0 aromatic carbocycles. The molecular formula is C6H12N2O. The van der Waals surface area contributed by atoms with E-state index in [0.29, 0.717) is 18.2 Å². The normalized spacial score (nSPS) is 48.3. The predicted molar refractivity (Wildman–Crippen MR) is 33.9 cm³/mol. The van der Waals surface area contributed by atoms with Crippen LogP contribution >= 0.6 is 0 Å².